The molecule has 0 aromatic carbocycles. The Bertz CT molecular complexity index is 189. The van der Waals surface area contributed by atoms with E-state index in [9.17, 15) is 5.11 Å². The van der Waals surface area contributed by atoms with Gasteiger partial charge in [0.2, 0.25) is 0 Å². The van der Waals surface area contributed by atoms with Crippen molar-refractivity contribution in [1.29, 1.82) is 0 Å². The van der Waals surface area contributed by atoms with E-state index in [1.165, 1.54) is 11.1 Å². The molecule has 0 heterocycles. The maximum atomic E-state index is 9.56. The van der Waals surface area contributed by atoms with Gasteiger partial charge < -0.3 is 5.11 Å². The molecule has 62 valence electrons. The van der Waals surface area contributed by atoms with E-state index in [2.05, 4.69) is 6.08 Å². The van der Waals surface area contributed by atoms with E-state index in [-0.39, 0.29) is 6.10 Å². The Morgan fingerprint density at radius 1 is 1.27 bits per heavy atom. The van der Waals surface area contributed by atoms with Gasteiger partial charge in [0.25, 0.3) is 0 Å². The molecular formula is C10H16O. The normalized spacial score (nSPS) is 33.2. The Morgan fingerprint density at radius 2 is 2.00 bits per heavy atom. The lowest BCUT2D eigenvalue weighted by Crippen LogP contribution is -2.16. The highest BCUT2D eigenvalue weighted by atomic mass is 16.3. The highest BCUT2D eigenvalue weighted by Gasteiger charge is 2.17. The van der Waals surface area contributed by atoms with E-state index in [1.54, 1.807) is 0 Å². The summed E-state index contributed by atoms with van der Waals surface area (Å²) in [4.78, 5) is 0. The quantitative estimate of drug-likeness (QED) is 0.528. The molecule has 1 N–H and O–H groups in total. The van der Waals surface area contributed by atoms with Gasteiger partial charge >= 0.3 is 0 Å². The predicted molar refractivity (Wildman–Crippen MR) is 47.4 cm³/mol. The molecule has 0 saturated heterocycles. The minimum atomic E-state index is -0.208. The summed E-state index contributed by atoms with van der Waals surface area (Å²) in [6.07, 6.45) is 6.97. The summed E-state index contributed by atoms with van der Waals surface area (Å²) in [5.41, 5.74) is 2.60. The average Bonchev–Trinajstić information content (AvgIpc) is 2.04. The second-order valence-electron chi connectivity index (χ2n) is 3.03. The van der Waals surface area contributed by atoms with E-state index in [0.717, 1.165) is 19.3 Å². The molecule has 1 heteroatoms. The van der Waals surface area contributed by atoms with Crippen LogP contribution in [0.2, 0.25) is 0 Å². The zero-order valence-electron chi connectivity index (χ0n) is 7.30. The van der Waals surface area contributed by atoms with Crippen LogP contribution in [0, 0.1) is 0 Å². The van der Waals surface area contributed by atoms with Crippen molar-refractivity contribution in [3.8, 4) is 0 Å². The van der Waals surface area contributed by atoms with Gasteiger partial charge in [0.1, 0.15) is 0 Å². The first kappa shape index (κ1) is 8.54. The topological polar surface area (TPSA) is 20.2 Å². The molecular weight excluding hydrogens is 136 g/mol. The molecule has 1 aliphatic rings. The summed E-state index contributed by atoms with van der Waals surface area (Å²) >= 11 is 0. The number of aliphatic hydroxyl groups excluding tert-OH is 1. The van der Waals surface area contributed by atoms with Crippen LogP contribution in [0.25, 0.3) is 0 Å². The van der Waals surface area contributed by atoms with Crippen molar-refractivity contribution in [3.63, 3.8) is 0 Å². The zero-order valence-corrected chi connectivity index (χ0v) is 7.30. The minimum Gasteiger partial charge on any atom is -0.388 e. The van der Waals surface area contributed by atoms with Gasteiger partial charge in [-0.1, -0.05) is 17.7 Å². The fourth-order valence-corrected chi connectivity index (χ4v) is 1.55. The Labute approximate surface area is 68.4 Å². The Balaban J connectivity index is 2.62. The van der Waals surface area contributed by atoms with Crippen LogP contribution in [0.3, 0.4) is 0 Å². The number of hydrogen-bond donors (Lipinski definition) is 1. The summed E-state index contributed by atoms with van der Waals surface area (Å²) in [5, 5.41) is 9.56. The summed E-state index contributed by atoms with van der Waals surface area (Å²) in [5.74, 6) is 0. The second-order valence-corrected chi connectivity index (χ2v) is 3.03. The maximum absolute atomic E-state index is 9.56. The SMILES string of the molecule is C/C=C1/CC/C(=C/C)C(O)C1. The van der Waals surface area contributed by atoms with Crippen molar-refractivity contribution in [2.24, 2.45) is 0 Å². The van der Waals surface area contributed by atoms with E-state index >= 15 is 0 Å². The number of aliphatic hydroxyl groups is 1. The first-order chi connectivity index (χ1) is 5.27. The molecule has 1 rings (SSSR count). The Hall–Kier alpha value is -0.560. The summed E-state index contributed by atoms with van der Waals surface area (Å²) in [6.45, 7) is 4.04. The van der Waals surface area contributed by atoms with E-state index in [0.29, 0.717) is 0 Å². The van der Waals surface area contributed by atoms with Crippen molar-refractivity contribution in [2.45, 2.75) is 39.2 Å². The number of rotatable bonds is 0. The average molecular weight is 152 g/mol. The van der Waals surface area contributed by atoms with E-state index in [4.69, 9.17) is 0 Å². The lowest BCUT2D eigenvalue weighted by atomic mass is 9.88. The molecule has 1 atom stereocenters. The van der Waals surface area contributed by atoms with Crippen molar-refractivity contribution in [1.82, 2.24) is 0 Å². The molecule has 11 heavy (non-hydrogen) atoms. The fraction of sp³-hybridized carbons (Fsp3) is 0.600. The van der Waals surface area contributed by atoms with Crippen LogP contribution < -0.4 is 0 Å². The van der Waals surface area contributed by atoms with Crippen molar-refractivity contribution in [2.75, 3.05) is 0 Å². The maximum Gasteiger partial charge on any atom is 0.0787 e. The molecule has 0 aliphatic heterocycles. The van der Waals surface area contributed by atoms with Crippen LogP contribution in [0.15, 0.2) is 23.3 Å². The summed E-state index contributed by atoms with van der Waals surface area (Å²) in [7, 11) is 0. The minimum absolute atomic E-state index is 0.208. The molecule has 1 fully saturated rings. The van der Waals surface area contributed by atoms with E-state index in [1.807, 2.05) is 19.9 Å². The van der Waals surface area contributed by atoms with Gasteiger partial charge in [0.15, 0.2) is 0 Å². The highest BCUT2D eigenvalue weighted by Crippen LogP contribution is 2.27. The Kier molecular flexibility index (Phi) is 2.89. The summed E-state index contributed by atoms with van der Waals surface area (Å²) < 4.78 is 0. The van der Waals surface area contributed by atoms with Gasteiger partial charge in [-0.05, 0) is 38.7 Å². The molecule has 1 unspecified atom stereocenters. The zero-order chi connectivity index (χ0) is 8.27. The van der Waals surface area contributed by atoms with Crippen molar-refractivity contribution < 1.29 is 5.11 Å². The molecule has 0 aromatic rings. The van der Waals surface area contributed by atoms with Crippen LogP contribution in [-0.2, 0) is 0 Å². The van der Waals surface area contributed by atoms with Gasteiger partial charge in [0, 0.05) is 0 Å². The first-order valence-electron chi connectivity index (χ1n) is 4.25. The van der Waals surface area contributed by atoms with Crippen LogP contribution in [0.5, 0.6) is 0 Å². The summed E-state index contributed by atoms with van der Waals surface area (Å²) in [6, 6.07) is 0. The standard InChI is InChI=1S/C10H16O/c1-3-8-5-6-9(4-2)10(11)7-8/h3-4,10-11H,5-7H2,1-2H3/b8-3-,9-4-. The molecule has 0 spiro atoms. The van der Waals surface area contributed by atoms with Crippen LogP contribution in [0.4, 0.5) is 0 Å². The highest BCUT2D eigenvalue weighted by molar-refractivity contribution is 5.19. The molecule has 0 radical (unpaired) electrons. The lowest BCUT2D eigenvalue weighted by Gasteiger charge is -2.22. The van der Waals surface area contributed by atoms with E-state index < -0.39 is 0 Å². The van der Waals surface area contributed by atoms with Gasteiger partial charge in [-0.2, -0.15) is 0 Å². The second kappa shape index (κ2) is 3.72. The van der Waals surface area contributed by atoms with Gasteiger partial charge in [-0.3, -0.25) is 0 Å². The number of allylic oxidation sites excluding steroid dienone is 2. The lowest BCUT2D eigenvalue weighted by molar-refractivity contribution is 0.197. The number of hydrogen-bond acceptors (Lipinski definition) is 1. The molecule has 0 amide bonds. The molecule has 1 saturated carbocycles. The fourth-order valence-electron chi connectivity index (χ4n) is 1.55. The van der Waals surface area contributed by atoms with Gasteiger partial charge in [0.05, 0.1) is 6.10 Å². The largest absolute Gasteiger partial charge is 0.388 e. The van der Waals surface area contributed by atoms with Crippen LogP contribution >= 0.6 is 0 Å². The third-order valence-corrected chi connectivity index (χ3v) is 2.40. The molecule has 1 aliphatic carbocycles. The Morgan fingerprint density at radius 3 is 2.45 bits per heavy atom. The molecule has 1 nitrogen and oxygen atoms in total. The van der Waals surface area contributed by atoms with Gasteiger partial charge in [-0.15, -0.1) is 0 Å². The third kappa shape index (κ3) is 1.93. The van der Waals surface area contributed by atoms with Crippen molar-refractivity contribution in [3.05, 3.63) is 23.3 Å². The third-order valence-electron chi connectivity index (χ3n) is 2.40. The van der Waals surface area contributed by atoms with Crippen LogP contribution in [0.1, 0.15) is 33.1 Å². The smallest absolute Gasteiger partial charge is 0.0787 e. The monoisotopic (exact) mass is 152 g/mol. The predicted octanol–water partition coefficient (Wildman–Crippen LogP) is 2.42. The van der Waals surface area contributed by atoms with Gasteiger partial charge in [-0.25, -0.2) is 0 Å². The van der Waals surface area contributed by atoms with Crippen LogP contribution in [-0.4, -0.2) is 11.2 Å². The first-order valence-corrected chi connectivity index (χ1v) is 4.25. The van der Waals surface area contributed by atoms with Crippen molar-refractivity contribution >= 4 is 0 Å². The molecule has 0 aromatic heterocycles. The molecule has 0 bridgehead atoms.